The van der Waals surface area contributed by atoms with E-state index in [4.69, 9.17) is 28.4 Å². The highest BCUT2D eigenvalue weighted by Gasteiger charge is 2.76. The van der Waals surface area contributed by atoms with Crippen LogP contribution in [0.15, 0.2) is 115 Å². The number of benzene rings is 4. The van der Waals surface area contributed by atoms with Gasteiger partial charge in [-0.1, -0.05) is 98.0 Å². The van der Waals surface area contributed by atoms with Gasteiger partial charge in [0.1, 0.15) is 37.3 Å². The molecule has 4 saturated heterocycles. The van der Waals surface area contributed by atoms with Gasteiger partial charge in [0, 0.05) is 77.7 Å². The first-order chi connectivity index (χ1) is 45.1. The minimum absolute atomic E-state index is 0.0340. The second kappa shape index (κ2) is 25.5. The molecule has 0 radical (unpaired) electrons. The molecule has 5 heterocycles. The first-order valence-electron chi connectivity index (χ1n) is 32.1. The van der Waals surface area contributed by atoms with E-state index in [-0.39, 0.29) is 97.8 Å². The van der Waals surface area contributed by atoms with Crippen LogP contribution in [0.2, 0.25) is 0 Å². The number of carbonyl (C=O) groups is 7. The Morgan fingerprint density at radius 2 is 1.56 bits per heavy atom. The summed E-state index contributed by atoms with van der Waals surface area (Å²) in [5, 5.41) is 69.1. The van der Waals surface area contributed by atoms with Gasteiger partial charge in [0.25, 0.3) is 0 Å². The highest BCUT2D eigenvalue weighted by Crippen LogP contribution is 2.70. The summed E-state index contributed by atoms with van der Waals surface area (Å²) in [6.45, 7) is 4.39. The number of para-hydroxylation sites is 1. The summed E-state index contributed by atoms with van der Waals surface area (Å²) in [6.07, 6.45) is -4.56. The van der Waals surface area contributed by atoms with E-state index in [9.17, 15) is 64.2 Å². The molecular weight excluding hydrogens is 1210 g/mol. The molecule has 94 heavy (non-hydrogen) atoms. The van der Waals surface area contributed by atoms with Crippen molar-refractivity contribution in [3.05, 3.63) is 148 Å². The van der Waals surface area contributed by atoms with Crippen molar-refractivity contribution < 1.29 is 92.6 Å². The first-order valence-corrected chi connectivity index (χ1v) is 32.1. The molecule has 23 nitrogen and oxygen atoms in total. The molecule has 4 aromatic rings. The normalized spacial score (nSPS) is 32.2. The van der Waals surface area contributed by atoms with Gasteiger partial charge in [-0.05, 0) is 110 Å². The third-order valence-corrected chi connectivity index (χ3v) is 21.3. The number of amides is 4. The molecule has 5 aliphatic heterocycles. The van der Waals surface area contributed by atoms with Crippen LogP contribution in [-0.2, 0) is 72.0 Å². The Morgan fingerprint density at radius 1 is 0.819 bits per heavy atom. The molecule has 4 amide bonds. The number of aliphatic hydroxyl groups is 5. The molecule has 9 aliphatic rings. The quantitative estimate of drug-likeness (QED) is 0.0664. The number of ether oxygens (including phenoxy) is 6. The topological polar surface area (TPSA) is 327 Å². The number of hydrogen-bond acceptors (Lipinski definition) is 18. The number of hydrogen-bond donors (Lipinski definition) is 8. The summed E-state index contributed by atoms with van der Waals surface area (Å²) in [7, 11) is 0. The zero-order chi connectivity index (χ0) is 66.0. The number of aliphatic hydroxyl groups excluding tert-OH is 5. The fourth-order valence-electron chi connectivity index (χ4n) is 16.6. The SMILES string of the molecule is C[C@]12C=CC(=O)C=C1CC[C@@H]1[C@@H]2[C@@H](O)C[C@@]2(C)[C@H]1C[C@H]1O[C@@H](c3ccc(CC4CC5(CO4)CN(C(=O)OCc4ccc(O[C@@H]6O[C@H](C(=O)O)[C@@H](O)[C@H](O)[C@H]6O)c(NC(=O)CCNC(=O)CCC(=O)N6Cc7ccccc7C#Cc7ccccc76)c4)C5)cc3)O[C@]12C(=O)CO. The number of carboxylic acids is 1. The van der Waals surface area contributed by atoms with Crippen molar-refractivity contribution in [2.75, 3.05) is 43.1 Å². The van der Waals surface area contributed by atoms with E-state index in [1.165, 1.54) is 18.2 Å². The summed E-state index contributed by atoms with van der Waals surface area (Å²) < 4.78 is 36.7. The maximum absolute atomic E-state index is 14.1. The van der Waals surface area contributed by atoms with Gasteiger partial charge in [-0.15, -0.1) is 0 Å². The number of carboxylic acid groups (broad SMARTS) is 1. The van der Waals surface area contributed by atoms with Crippen molar-refractivity contribution >= 4 is 52.7 Å². The van der Waals surface area contributed by atoms with E-state index < -0.39 is 102 Å². The lowest BCUT2D eigenvalue weighted by Crippen LogP contribution is -2.63. The van der Waals surface area contributed by atoms with E-state index in [1.54, 1.807) is 28.0 Å². The molecule has 0 aromatic heterocycles. The average Bonchev–Trinajstić information content (AvgIpc) is 1.48. The molecule has 3 saturated carbocycles. The Balaban J connectivity index is 0.598. The largest absolute Gasteiger partial charge is 0.479 e. The number of nitrogens with one attached hydrogen (secondary N) is 2. The lowest BCUT2D eigenvalue weighted by atomic mass is 9.46. The van der Waals surface area contributed by atoms with Gasteiger partial charge in [-0.25, -0.2) is 9.59 Å². The van der Waals surface area contributed by atoms with Crippen molar-refractivity contribution in [3.8, 4) is 17.6 Å². The van der Waals surface area contributed by atoms with Gasteiger partial charge in [-0.2, -0.15) is 0 Å². The lowest BCUT2D eigenvalue weighted by molar-refractivity contribution is -0.271. The van der Waals surface area contributed by atoms with Crippen LogP contribution in [-0.4, -0.2) is 164 Å². The summed E-state index contributed by atoms with van der Waals surface area (Å²) >= 11 is 0. The van der Waals surface area contributed by atoms with Gasteiger partial charge in [0.2, 0.25) is 24.0 Å². The molecule has 1 spiro atoms. The van der Waals surface area contributed by atoms with E-state index >= 15 is 0 Å². The lowest BCUT2D eigenvalue weighted by Gasteiger charge is -2.59. The minimum Gasteiger partial charge on any atom is -0.479 e. The highest BCUT2D eigenvalue weighted by atomic mass is 16.7. The third kappa shape index (κ3) is 11.8. The van der Waals surface area contributed by atoms with Crippen LogP contribution in [0.4, 0.5) is 16.2 Å². The Kier molecular flexibility index (Phi) is 17.5. The minimum atomic E-state index is -1.99. The Labute approximate surface area is 542 Å². The van der Waals surface area contributed by atoms with Crippen molar-refractivity contribution in [2.24, 2.45) is 34.0 Å². The number of ketones is 2. The van der Waals surface area contributed by atoms with Crippen molar-refractivity contribution in [2.45, 2.75) is 146 Å². The predicted octanol–water partition coefficient (Wildman–Crippen LogP) is 4.70. The summed E-state index contributed by atoms with van der Waals surface area (Å²) in [6, 6.07) is 26.8. The van der Waals surface area contributed by atoms with Crippen LogP contribution in [0.5, 0.6) is 5.75 Å². The molecule has 4 aliphatic carbocycles. The van der Waals surface area contributed by atoms with E-state index in [1.807, 2.05) is 79.7 Å². The van der Waals surface area contributed by atoms with Crippen molar-refractivity contribution in [1.29, 1.82) is 0 Å². The van der Waals surface area contributed by atoms with E-state index in [0.29, 0.717) is 67.8 Å². The fourth-order valence-corrected chi connectivity index (χ4v) is 16.6. The summed E-state index contributed by atoms with van der Waals surface area (Å²) in [5.41, 5.74) is 2.92. The summed E-state index contributed by atoms with van der Waals surface area (Å²) in [4.78, 5) is 95.4. The maximum atomic E-state index is 14.1. The van der Waals surface area contributed by atoms with Gasteiger partial charge in [0.05, 0.1) is 42.8 Å². The number of aliphatic carboxylic acids is 1. The van der Waals surface area contributed by atoms with Crippen LogP contribution in [0, 0.1) is 45.8 Å². The highest BCUT2D eigenvalue weighted by molar-refractivity contribution is 6.01. The molecule has 1 unspecified atom stereocenters. The zero-order valence-electron chi connectivity index (χ0n) is 52.0. The first kappa shape index (κ1) is 64.6. The summed E-state index contributed by atoms with van der Waals surface area (Å²) in [5.74, 6) is 2.48. The Morgan fingerprint density at radius 3 is 2.34 bits per heavy atom. The van der Waals surface area contributed by atoms with Crippen LogP contribution in [0.1, 0.15) is 105 Å². The number of anilines is 2. The number of carbonyl (C=O) groups excluding carboxylic acids is 6. The number of fused-ring (bicyclic) bond motifs is 9. The van der Waals surface area contributed by atoms with Crippen LogP contribution in [0.25, 0.3) is 0 Å². The fraction of sp³-hybridized carbons (Fsp3) is 0.479. The maximum Gasteiger partial charge on any atom is 0.410 e. The third-order valence-electron chi connectivity index (χ3n) is 21.3. The standard InChI is InChI=1S/C71H76N4O19/c1-68-25-23-46(77)29-45(68)18-19-48-49-30-55-71(54(79)34-76,69(49,2)32-52(78)59(48)68)94-65(92-55)43-14-11-39(12-15-43)27-47-31-70(38-90-47)36-74(37-70)67(88)89-35-40-13-20-53(91-66-62(85)60(83)61(84)63(93-66)64(86)87)50(28-40)73-57(81)24-26-72-56(80)21-22-58(82)75-33-44-9-4-3-7-41(44)16-17-42-8-5-6-10-51(42)75/h3-15,20,23,25,28-29,47-49,52,55,59-63,65-66,76,78,83-85H,18-19,21-22,24,26-27,30-38H2,1-2H3,(H,72,80)(H,73,81)(H,86,87)/t47?,48-,49-,52-,55+,59+,60-,61-,62+,63-,65+,66+,68-,69-,71+/m0/s1. The second-order valence-corrected chi connectivity index (χ2v) is 27.1. The molecule has 7 fully saturated rings. The number of rotatable bonds is 17. The molecule has 8 N–H and O–H groups in total. The Hall–Kier alpha value is -8.15. The predicted molar refractivity (Wildman–Crippen MR) is 333 cm³/mol. The van der Waals surface area contributed by atoms with E-state index in [0.717, 1.165) is 28.7 Å². The van der Waals surface area contributed by atoms with Gasteiger partial charge in [0.15, 0.2) is 29.6 Å². The number of allylic oxidation sites excluding steroid dienone is 4. The molecule has 4 aromatic carbocycles. The molecule has 0 bridgehead atoms. The van der Waals surface area contributed by atoms with Crippen molar-refractivity contribution in [1.82, 2.24) is 10.2 Å². The van der Waals surface area contributed by atoms with E-state index in [2.05, 4.69) is 29.4 Å². The number of likely N-dealkylation sites (tertiary alicyclic amines) is 1. The van der Waals surface area contributed by atoms with Crippen molar-refractivity contribution in [3.63, 3.8) is 0 Å². The molecule has 15 atom stereocenters. The Bertz CT molecular complexity index is 3820. The molecule has 23 heteroatoms. The molecule has 13 rings (SSSR count). The number of Topliss-reactive ketones (excluding diaryl/α,β-unsaturated/α-hetero) is 1. The average molecular weight is 1290 g/mol. The van der Waals surface area contributed by atoms with Gasteiger partial charge < -0.3 is 79.5 Å². The van der Waals surface area contributed by atoms with Gasteiger partial charge >= 0.3 is 12.1 Å². The number of nitrogens with zero attached hydrogens (tertiary/aromatic N) is 2. The van der Waals surface area contributed by atoms with Crippen LogP contribution >= 0.6 is 0 Å². The smallest absolute Gasteiger partial charge is 0.410 e. The van der Waals surface area contributed by atoms with Gasteiger partial charge in [-0.3, -0.25) is 24.0 Å². The monoisotopic (exact) mass is 1290 g/mol. The van der Waals surface area contributed by atoms with Crippen LogP contribution < -0.4 is 20.3 Å². The second-order valence-electron chi connectivity index (χ2n) is 27.1. The molecular formula is C71H76N4O19. The zero-order valence-corrected chi connectivity index (χ0v) is 52.0. The van der Waals surface area contributed by atoms with Crippen LogP contribution in [0.3, 0.4) is 0 Å². The molecule has 494 valence electrons.